The maximum absolute atomic E-state index is 10.8. The maximum atomic E-state index is 10.8. The summed E-state index contributed by atoms with van der Waals surface area (Å²) in [4.78, 5) is 10.8. The molecule has 1 saturated heterocycles. The minimum atomic E-state index is -0.950. The molecule has 1 rings (SSSR count). The van der Waals surface area contributed by atoms with E-state index in [2.05, 4.69) is 5.32 Å². The van der Waals surface area contributed by atoms with Crippen molar-refractivity contribution < 1.29 is 24.5 Å². The van der Waals surface area contributed by atoms with Crippen LogP contribution in [0.3, 0.4) is 0 Å². The van der Waals surface area contributed by atoms with Gasteiger partial charge in [0.2, 0.25) is 5.91 Å². The lowest BCUT2D eigenvalue weighted by Gasteiger charge is -2.19. The Labute approximate surface area is 81.8 Å². The molecule has 4 atom stereocenters. The van der Waals surface area contributed by atoms with Crippen molar-refractivity contribution in [3.05, 3.63) is 0 Å². The second kappa shape index (κ2) is 4.70. The maximum Gasteiger partial charge on any atom is 0.217 e. The van der Waals surface area contributed by atoms with Crippen LogP contribution in [0.25, 0.3) is 0 Å². The molecule has 1 aliphatic heterocycles. The summed E-state index contributed by atoms with van der Waals surface area (Å²) in [6, 6.07) is -0.630. The molecule has 1 aliphatic rings. The zero-order valence-corrected chi connectivity index (χ0v) is 8.14. The van der Waals surface area contributed by atoms with Crippen molar-refractivity contribution in [2.45, 2.75) is 31.5 Å². The molecule has 0 aromatic carbocycles. The summed E-state index contributed by atoms with van der Waals surface area (Å²) in [6.07, 6.45) is -2.38. The number of rotatable bonds is 3. The van der Waals surface area contributed by atoms with E-state index in [-0.39, 0.29) is 12.5 Å². The Morgan fingerprint density at radius 1 is 1.64 bits per heavy atom. The fourth-order valence-electron chi connectivity index (χ4n) is 1.47. The van der Waals surface area contributed by atoms with E-state index in [4.69, 9.17) is 14.6 Å². The van der Waals surface area contributed by atoms with E-state index < -0.39 is 24.5 Å². The van der Waals surface area contributed by atoms with E-state index in [1.54, 1.807) is 0 Å². The monoisotopic (exact) mass is 205 g/mol. The first-order chi connectivity index (χ1) is 6.60. The summed E-state index contributed by atoms with van der Waals surface area (Å²) in [5, 5.41) is 21.0. The summed E-state index contributed by atoms with van der Waals surface area (Å²) in [7, 11) is 1.41. The molecular weight excluding hydrogens is 190 g/mol. The van der Waals surface area contributed by atoms with Gasteiger partial charge in [0.05, 0.1) is 6.61 Å². The fourth-order valence-corrected chi connectivity index (χ4v) is 1.47. The van der Waals surface area contributed by atoms with Crippen LogP contribution < -0.4 is 5.32 Å². The summed E-state index contributed by atoms with van der Waals surface area (Å²) < 4.78 is 10.1. The minimum Gasteiger partial charge on any atom is -0.394 e. The molecule has 1 amide bonds. The highest BCUT2D eigenvalue weighted by Gasteiger charge is 2.43. The van der Waals surface area contributed by atoms with Gasteiger partial charge in [0.1, 0.15) is 18.2 Å². The van der Waals surface area contributed by atoms with Crippen molar-refractivity contribution >= 4 is 5.91 Å². The molecule has 0 aromatic rings. The highest BCUT2D eigenvalue weighted by Crippen LogP contribution is 2.21. The van der Waals surface area contributed by atoms with Gasteiger partial charge in [-0.1, -0.05) is 0 Å². The van der Waals surface area contributed by atoms with Gasteiger partial charge in [-0.25, -0.2) is 0 Å². The zero-order valence-electron chi connectivity index (χ0n) is 8.14. The number of ether oxygens (including phenoxy) is 2. The lowest BCUT2D eigenvalue weighted by Crippen LogP contribution is -2.47. The number of hydrogen-bond donors (Lipinski definition) is 3. The van der Waals surface area contributed by atoms with E-state index >= 15 is 0 Å². The molecule has 6 heteroatoms. The number of hydrogen-bond acceptors (Lipinski definition) is 5. The Hall–Kier alpha value is -0.690. The smallest absolute Gasteiger partial charge is 0.217 e. The molecule has 6 nitrogen and oxygen atoms in total. The normalized spacial score (nSPS) is 37.1. The van der Waals surface area contributed by atoms with Gasteiger partial charge in [-0.05, 0) is 0 Å². The van der Waals surface area contributed by atoms with Crippen molar-refractivity contribution in [3.8, 4) is 0 Å². The SMILES string of the molecule is CO[C@H]1O[C@@H](CO)[C@@H](O)[C@@H]1NC(C)=O. The van der Waals surface area contributed by atoms with Gasteiger partial charge in [-0.3, -0.25) is 4.79 Å². The number of amides is 1. The van der Waals surface area contributed by atoms with E-state index in [0.717, 1.165) is 0 Å². The van der Waals surface area contributed by atoms with Gasteiger partial charge in [0.15, 0.2) is 6.29 Å². The topological polar surface area (TPSA) is 88.0 Å². The third-order valence-electron chi connectivity index (χ3n) is 2.13. The van der Waals surface area contributed by atoms with Crippen molar-refractivity contribution in [2.75, 3.05) is 13.7 Å². The number of aliphatic hydroxyl groups is 2. The minimum absolute atomic E-state index is 0.279. The van der Waals surface area contributed by atoms with Crippen LogP contribution in [0.5, 0.6) is 0 Å². The molecule has 0 unspecified atom stereocenters. The lowest BCUT2D eigenvalue weighted by atomic mass is 10.1. The van der Waals surface area contributed by atoms with Crippen LogP contribution in [0.15, 0.2) is 0 Å². The number of methoxy groups -OCH3 is 1. The van der Waals surface area contributed by atoms with Crippen LogP contribution in [-0.4, -0.2) is 54.4 Å². The highest BCUT2D eigenvalue weighted by molar-refractivity contribution is 5.73. The van der Waals surface area contributed by atoms with Gasteiger partial charge in [-0.2, -0.15) is 0 Å². The van der Waals surface area contributed by atoms with E-state index in [1.165, 1.54) is 14.0 Å². The molecule has 3 N–H and O–H groups in total. The predicted octanol–water partition coefficient (Wildman–Crippen LogP) is -1.78. The van der Waals surface area contributed by atoms with Crippen LogP contribution in [0.4, 0.5) is 0 Å². The van der Waals surface area contributed by atoms with Crippen LogP contribution in [0.2, 0.25) is 0 Å². The van der Waals surface area contributed by atoms with Gasteiger partial charge in [0, 0.05) is 14.0 Å². The standard InChI is InChI=1S/C8H15NO5/c1-4(11)9-6-7(12)5(3-10)14-8(6)13-2/h5-8,10,12H,3H2,1-2H3,(H,9,11)/t5-,6-,7+,8-/m0/s1. The molecule has 0 radical (unpaired) electrons. The molecule has 1 heterocycles. The molecule has 0 aliphatic carbocycles. The second-order valence-corrected chi connectivity index (χ2v) is 3.18. The molecule has 0 bridgehead atoms. The summed E-state index contributed by atoms with van der Waals surface area (Å²) >= 11 is 0. The number of nitrogens with one attached hydrogen (secondary N) is 1. The van der Waals surface area contributed by atoms with Crippen molar-refractivity contribution in [1.82, 2.24) is 5.32 Å². The van der Waals surface area contributed by atoms with Crippen molar-refractivity contribution in [2.24, 2.45) is 0 Å². The van der Waals surface area contributed by atoms with Crippen LogP contribution >= 0.6 is 0 Å². The molecule has 0 saturated carbocycles. The van der Waals surface area contributed by atoms with Crippen molar-refractivity contribution in [3.63, 3.8) is 0 Å². The van der Waals surface area contributed by atoms with Gasteiger partial charge >= 0.3 is 0 Å². The van der Waals surface area contributed by atoms with Crippen LogP contribution in [0.1, 0.15) is 6.92 Å². The van der Waals surface area contributed by atoms with Gasteiger partial charge < -0.3 is 25.0 Å². The summed E-state index contributed by atoms with van der Waals surface area (Å²) in [5.41, 5.74) is 0. The third-order valence-corrected chi connectivity index (χ3v) is 2.13. The molecule has 14 heavy (non-hydrogen) atoms. The first kappa shape index (κ1) is 11.4. The Morgan fingerprint density at radius 3 is 2.71 bits per heavy atom. The quantitative estimate of drug-likeness (QED) is 0.506. The molecule has 0 aromatic heterocycles. The Bertz CT molecular complexity index is 208. The second-order valence-electron chi connectivity index (χ2n) is 3.18. The van der Waals surface area contributed by atoms with E-state index in [9.17, 15) is 9.90 Å². The Kier molecular flexibility index (Phi) is 3.82. The predicted molar refractivity (Wildman–Crippen MR) is 46.4 cm³/mol. The Balaban J connectivity index is 2.64. The van der Waals surface area contributed by atoms with Gasteiger partial charge in [0.25, 0.3) is 0 Å². The van der Waals surface area contributed by atoms with E-state index in [1.807, 2.05) is 0 Å². The first-order valence-corrected chi connectivity index (χ1v) is 4.34. The average Bonchev–Trinajstić information content (AvgIpc) is 2.43. The lowest BCUT2D eigenvalue weighted by molar-refractivity contribution is -0.138. The fraction of sp³-hybridized carbons (Fsp3) is 0.875. The average molecular weight is 205 g/mol. The van der Waals surface area contributed by atoms with Crippen LogP contribution in [0, 0.1) is 0 Å². The number of carbonyl (C=O) groups excluding carboxylic acids is 1. The molecule has 82 valence electrons. The summed E-state index contributed by atoms with van der Waals surface area (Å²) in [6.45, 7) is 1.03. The van der Waals surface area contributed by atoms with Crippen molar-refractivity contribution in [1.29, 1.82) is 0 Å². The Morgan fingerprint density at radius 2 is 2.29 bits per heavy atom. The molecule has 0 spiro atoms. The van der Waals surface area contributed by atoms with Gasteiger partial charge in [-0.15, -0.1) is 0 Å². The first-order valence-electron chi connectivity index (χ1n) is 4.34. The largest absolute Gasteiger partial charge is 0.394 e. The molecular formula is C8H15NO5. The highest BCUT2D eigenvalue weighted by atomic mass is 16.7. The number of carbonyl (C=O) groups is 1. The zero-order chi connectivity index (χ0) is 10.7. The van der Waals surface area contributed by atoms with Crippen LogP contribution in [-0.2, 0) is 14.3 Å². The summed E-state index contributed by atoms with van der Waals surface area (Å²) in [5.74, 6) is -0.279. The van der Waals surface area contributed by atoms with E-state index in [0.29, 0.717) is 0 Å². The molecule has 1 fully saturated rings. The number of aliphatic hydroxyl groups excluding tert-OH is 2. The third kappa shape index (κ3) is 2.21.